The number of hydrogen-bond acceptors (Lipinski definition) is 5. The fraction of sp³-hybridized carbons (Fsp3) is 0.548. The van der Waals surface area contributed by atoms with E-state index in [0.29, 0.717) is 13.0 Å². The predicted molar refractivity (Wildman–Crippen MR) is 155 cm³/mol. The predicted octanol–water partition coefficient (Wildman–Crippen LogP) is 6.21. The number of hydrogen-bond donors (Lipinski definition) is 1. The van der Waals surface area contributed by atoms with E-state index in [-0.39, 0.29) is 17.5 Å². The summed E-state index contributed by atoms with van der Waals surface area (Å²) in [6.07, 6.45) is 13.4. The number of nitrogens with zero attached hydrogens (tertiary/aromatic N) is 2. The van der Waals surface area contributed by atoms with Crippen LogP contribution < -0.4 is 14.8 Å². The van der Waals surface area contributed by atoms with Crippen LogP contribution in [0.25, 0.3) is 0 Å². The number of urea groups is 1. The minimum Gasteiger partial charge on any atom is -0.497 e. The van der Waals surface area contributed by atoms with E-state index >= 15 is 0 Å². The Kier molecular flexibility index (Phi) is 12.6. The average molecular weight is 526 g/mol. The summed E-state index contributed by atoms with van der Waals surface area (Å²) in [6.45, 7) is 15.0. The van der Waals surface area contributed by atoms with Gasteiger partial charge in [0.15, 0.2) is 0 Å². The van der Waals surface area contributed by atoms with Gasteiger partial charge < -0.3 is 24.5 Å². The van der Waals surface area contributed by atoms with Gasteiger partial charge in [0.2, 0.25) is 0 Å². The molecule has 1 aromatic carbocycles. The number of amides is 2. The van der Waals surface area contributed by atoms with Gasteiger partial charge in [-0.15, -0.1) is 6.58 Å². The number of benzene rings is 1. The maximum atomic E-state index is 13.4. The molecule has 2 amide bonds. The molecule has 1 atom stereocenters. The van der Waals surface area contributed by atoms with E-state index in [1.165, 1.54) is 5.70 Å². The molecule has 1 N–H and O–H groups in total. The third kappa shape index (κ3) is 6.68. The summed E-state index contributed by atoms with van der Waals surface area (Å²) in [5, 5.41) is 3.45. The number of rotatable bonds is 8. The molecule has 3 aliphatic rings. The van der Waals surface area contributed by atoms with Crippen LogP contribution in [0.15, 0.2) is 48.7 Å². The number of ether oxygens (including phenoxy) is 2. The van der Waals surface area contributed by atoms with E-state index in [1.807, 2.05) is 49.1 Å². The molecular formula is C31H47N3O4. The average Bonchev–Trinajstić information content (AvgIpc) is 3.05. The molecule has 0 unspecified atom stereocenters. The monoisotopic (exact) mass is 525 g/mol. The Bertz CT molecular complexity index is 995. The smallest absolute Gasteiger partial charge is 0.325 e. The second-order valence-corrected chi connectivity index (χ2v) is 9.38. The zero-order chi connectivity index (χ0) is 28.1. The van der Waals surface area contributed by atoms with E-state index in [1.54, 1.807) is 14.2 Å². The Hall–Kier alpha value is -3.06. The topological polar surface area (TPSA) is 71.1 Å². The largest absolute Gasteiger partial charge is 0.497 e. The molecule has 1 spiro atoms. The molecule has 1 aromatic rings. The fourth-order valence-corrected chi connectivity index (χ4v) is 5.59. The minimum absolute atomic E-state index is 0.118. The summed E-state index contributed by atoms with van der Waals surface area (Å²) in [4.78, 5) is 27.2. The second-order valence-electron chi connectivity index (χ2n) is 9.38. The molecule has 38 heavy (non-hydrogen) atoms. The van der Waals surface area contributed by atoms with Crippen LogP contribution in [0.5, 0.6) is 11.5 Å². The number of likely N-dealkylation sites (N-methyl/N-ethyl adjacent to an activating group) is 1. The highest BCUT2D eigenvalue weighted by atomic mass is 16.5. The molecule has 0 aliphatic carbocycles. The van der Waals surface area contributed by atoms with Crippen LogP contribution >= 0.6 is 0 Å². The van der Waals surface area contributed by atoms with Crippen LogP contribution in [-0.4, -0.2) is 61.5 Å². The number of nitrogens with one attached hydrogen (secondary N) is 1. The first-order valence-corrected chi connectivity index (χ1v) is 13.9. The van der Waals surface area contributed by atoms with Gasteiger partial charge in [0.05, 0.1) is 26.3 Å². The van der Waals surface area contributed by atoms with Crippen LogP contribution in [0.3, 0.4) is 0 Å². The Balaban J connectivity index is 0.000000394. The van der Waals surface area contributed by atoms with Crippen molar-refractivity contribution in [2.75, 3.05) is 33.9 Å². The van der Waals surface area contributed by atoms with Crippen LogP contribution in [0.1, 0.15) is 76.8 Å². The lowest BCUT2D eigenvalue weighted by molar-refractivity contribution is -0.107. The van der Waals surface area contributed by atoms with Crippen molar-refractivity contribution in [1.29, 1.82) is 0 Å². The Morgan fingerprint density at radius 2 is 1.84 bits per heavy atom. The summed E-state index contributed by atoms with van der Waals surface area (Å²) in [5.41, 5.74) is 3.23. The van der Waals surface area contributed by atoms with Crippen molar-refractivity contribution in [3.8, 4) is 11.5 Å². The van der Waals surface area contributed by atoms with Crippen LogP contribution in [0, 0.1) is 0 Å². The maximum Gasteiger partial charge on any atom is 0.325 e. The molecule has 2 fully saturated rings. The van der Waals surface area contributed by atoms with Crippen LogP contribution in [-0.2, 0) is 11.3 Å². The van der Waals surface area contributed by atoms with Crippen molar-refractivity contribution >= 4 is 12.3 Å². The summed E-state index contributed by atoms with van der Waals surface area (Å²) >= 11 is 0. The van der Waals surface area contributed by atoms with Gasteiger partial charge in [0.25, 0.3) is 0 Å². The molecule has 0 radical (unpaired) electrons. The van der Waals surface area contributed by atoms with Gasteiger partial charge in [-0.25, -0.2) is 4.79 Å². The molecule has 3 heterocycles. The molecule has 0 bridgehead atoms. The van der Waals surface area contributed by atoms with Gasteiger partial charge in [0.1, 0.15) is 17.8 Å². The Morgan fingerprint density at radius 3 is 2.42 bits per heavy atom. The quantitative estimate of drug-likeness (QED) is 0.248. The van der Waals surface area contributed by atoms with Crippen LogP contribution in [0.2, 0.25) is 0 Å². The summed E-state index contributed by atoms with van der Waals surface area (Å²) < 4.78 is 11.1. The third-order valence-electron chi connectivity index (χ3n) is 7.28. The fourth-order valence-electron chi connectivity index (χ4n) is 5.59. The molecule has 0 aromatic heterocycles. The standard InChI is InChI=1S/C21H29N3O3.C8H12O.C2H6/c1-5-24-20(25)23-13-15-11-16(26-3)12-17(27-4)19(15)14(2)10-18(23)21(24)6-8-22-9-7-21;1-2-3-4-5-6-7-8-9;1-2/h10-12,14,22H,5-9,13H2,1-4H3;2,5-6,8H,1,3-4,7H2;1-2H3/b;6-5+;/t14-;;/m0../s1. The molecule has 0 saturated carbocycles. The van der Waals surface area contributed by atoms with Crippen molar-refractivity contribution in [1.82, 2.24) is 15.1 Å². The SMILES string of the molecule is C=CCC/C=C/CC=O.CC.CCN1C(=O)N2Cc3cc(OC)cc(OC)c3[C@@H](C)C=C2C12CCNCC2. The van der Waals surface area contributed by atoms with E-state index < -0.39 is 0 Å². The number of fused-ring (bicyclic) bond motifs is 3. The molecule has 210 valence electrons. The van der Waals surface area contributed by atoms with Gasteiger partial charge in [0, 0.05) is 36.2 Å². The highest BCUT2D eigenvalue weighted by molar-refractivity contribution is 5.83. The number of aldehydes is 1. The number of methoxy groups -OCH3 is 2. The van der Waals surface area contributed by atoms with Crippen molar-refractivity contribution in [3.05, 3.63) is 59.8 Å². The lowest BCUT2D eigenvalue weighted by Gasteiger charge is -2.41. The zero-order valence-corrected chi connectivity index (χ0v) is 24.2. The van der Waals surface area contributed by atoms with Crippen molar-refractivity contribution in [2.45, 2.75) is 77.8 Å². The summed E-state index contributed by atoms with van der Waals surface area (Å²) in [7, 11) is 3.36. The number of piperidine rings is 1. The first-order valence-electron chi connectivity index (χ1n) is 13.9. The molecule has 2 saturated heterocycles. The number of unbranched alkanes of at least 4 members (excludes halogenated alkanes) is 1. The highest BCUT2D eigenvalue weighted by Gasteiger charge is 2.54. The van der Waals surface area contributed by atoms with Crippen molar-refractivity contribution in [2.24, 2.45) is 0 Å². The zero-order valence-electron chi connectivity index (χ0n) is 24.2. The lowest BCUT2D eigenvalue weighted by Crippen LogP contribution is -2.52. The first kappa shape index (κ1) is 31.2. The van der Waals surface area contributed by atoms with Gasteiger partial charge >= 0.3 is 6.03 Å². The number of carbonyl (C=O) groups is 2. The van der Waals surface area contributed by atoms with Crippen molar-refractivity contribution < 1.29 is 19.1 Å². The van der Waals surface area contributed by atoms with Gasteiger partial charge in [-0.2, -0.15) is 0 Å². The highest BCUT2D eigenvalue weighted by Crippen LogP contribution is 2.48. The van der Waals surface area contributed by atoms with Gasteiger partial charge in [-0.3, -0.25) is 4.90 Å². The molecule has 3 aliphatic heterocycles. The maximum absolute atomic E-state index is 13.4. The molecule has 4 rings (SSSR count). The van der Waals surface area contributed by atoms with Crippen LogP contribution in [0.4, 0.5) is 4.79 Å². The summed E-state index contributed by atoms with van der Waals surface area (Å²) in [6, 6.07) is 4.10. The molecular weight excluding hydrogens is 478 g/mol. The Morgan fingerprint density at radius 1 is 1.13 bits per heavy atom. The Labute approximate surface area is 229 Å². The van der Waals surface area contributed by atoms with E-state index in [0.717, 1.165) is 74.2 Å². The molecule has 7 heteroatoms. The van der Waals surface area contributed by atoms with Crippen molar-refractivity contribution in [3.63, 3.8) is 0 Å². The summed E-state index contributed by atoms with van der Waals surface area (Å²) in [5.74, 6) is 1.75. The number of allylic oxidation sites excluding steroid dienone is 4. The normalized spacial score (nSPS) is 19.3. The minimum atomic E-state index is -0.190. The van der Waals surface area contributed by atoms with E-state index in [4.69, 9.17) is 9.47 Å². The van der Waals surface area contributed by atoms with E-state index in [2.05, 4.69) is 36.7 Å². The number of carbonyl (C=O) groups excluding carboxylic acids is 2. The third-order valence-corrected chi connectivity index (χ3v) is 7.28. The van der Waals surface area contributed by atoms with E-state index in [9.17, 15) is 9.59 Å². The second kappa shape index (κ2) is 15.4. The molecule has 7 nitrogen and oxygen atoms in total. The first-order chi connectivity index (χ1) is 18.5. The van der Waals surface area contributed by atoms with Gasteiger partial charge in [-0.1, -0.05) is 45.1 Å². The van der Waals surface area contributed by atoms with Gasteiger partial charge in [-0.05, 0) is 57.3 Å². The lowest BCUT2D eigenvalue weighted by atomic mass is 9.82.